The molecule has 288 valence electrons. The van der Waals surface area contributed by atoms with Gasteiger partial charge in [-0.15, -0.1) is 0 Å². The zero-order valence-corrected chi connectivity index (χ0v) is 29.2. The highest BCUT2D eigenvalue weighted by atomic mass is 19.4. The molecule has 0 spiro atoms. The molecular formula is C36H35F8N7O3. The number of nitrogens with one attached hydrogen (secondary N) is 1. The second-order valence-corrected chi connectivity index (χ2v) is 14.6. The first-order valence-corrected chi connectivity index (χ1v) is 16.7. The zero-order valence-electron chi connectivity index (χ0n) is 29.2. The van der Waals surface area contributed by atoms with E-state index >= 15 is 4.39 Å². The summed E-state index contributed by atoms with van der Waals surface area (Å²) in [5, 5.41) is 10.5. The van der Waals surface area contributed by atoms with Crippen LogP contribution in [0.4, 0.5) is 35.1 Å². The van der Waals surface area contributed by atoms with Crippen molar-refractivity contribution < 1.29 is 49.4 Å². The van der Waals surface area contributed by atoms with Gasteiger partial charge < -0.3 is 10.1 Å². The van der Waals surface area contributed by atoms with Crippen LogP contribution in [0.25, 0.3) is 16.8 Å². The van der Waals surface area contributed by atoms with Gasteiger partial charge in [0.1, 0.15) is 35.8 Å². The third-order valence-corrected chi connectivity index (χ3v) is 9.55. The molecule has 4 aromatic rings. The quantitative estimate of drug-likeness (QED) is 0.115. The predicted octanol–water partition coefficient (Wildman–Crippen LogP) is 8.15. The maximum Gasteiger partial charge on any atom is 0.395 e. The Morgan fingerprint density at radius 2 is 1.70 bits per heavy atom. The van der Waals surface area contributed by atoms with Gasteiger partial charge in [0.2, 0.25) is 0 Å². The van der Waals surface area contributed by atoms with Crippen LogP contribution < -0.4 is 5.32 Å². The van der Waals surface area contributed by atoms with E-state index in [0.29, 0.717) is 26.1 Å². The normalized spacial score (nSPS) is 19.1. The fourth-order valence-corrected chi connectivity index (χ4v) is 6.79. The monoisotopic (exact) mass is 765 g/mol. The van der Waals surface area contributed by atoms with Crippen molar-refractivity contribution >= 4 is 11.9 Å². The third-order valence-electron chi connectivity index (χ3n) is 9.55. The minimum Gasteiger partial charge on any atom is -0.463 e. The number of carbonyl (C=O) groups excluding carboxylic acids is 2. The highest BCUT2D eigenvalue weighted by Gasteiger charge is 2.64. The number of carbonyl (C=O) groups is 2. The second kappa shape index (κ2) is 13.8. The van der Waals surface area contributed by atoms with Gasteiger partial charge in [-0.2, -0.15) is 32.1 Å². The Bertz CT molecular complexity index is 2050. The minimum atomic E-state index is -4.64. The Kier molecular flexibility index (Phi) is 9.85. The molecule has 1 aliphatic carbocycles. The van der Waals surface area contributed by atoms with Crippen LogP contribution in [-0.2, 0) is 19.9 Å². The topological polar surface area (TPSA) is 107 Å². The maximum absolute atomic E-state index is 15.8. The van der Waals surface area contributed by atoms with Crippen LogP contribution in [0, 0.1) is 16.6 Å². The Hall–Kier alpha value is -5.29. The van der Waals surface area contributed by atoms with Crippen LogP contribution in [0.1, 0.15) is 82.4 Å². The average Bonchev–Trinajstić information content (AvgIpc) is 3.40. The molecule has 2 atom stereocenters. The maximum atomic E-state index is 15.8. The number of rotatable bonds is 12. The number of hydrogen-bond donors (Lipinski definition) is 1. The molecule has 2 aromatic heterocycles. The number of benzene rings is 2. The smallest absolute Gasteiger partial charge is 0.395 e. The first-order valence-electron chi connectivity index (χ1n) is 16.7. The zero-order chi connectivity index (χ0) is 39.4. The summed E-state index contributed by atoms with van der Waals surface area (Å²) in [6.07, 6.45) is -5.80. The largest absolute Gasteiger partial charge is 0.463 e. The summed E-state index contributed by atoms with van der Waals surface area (Å²) in [7, 11) is 0. The standard InChI is InChI=1S/C36H35F8N7O3/c1-20-48-35(18-33(2,3)4,24-8-5-21(6-9-24)23-15-46-49(16-23)32(40)41)31(53)50(20)27(17-54-28(52)14-34(11-12-34)36(42,43)44)22-7-10-26(25(37)13-22)51-30(29(38)39)45-19-47-51/h5-10,13,15-16,19,27,29,32,48H,1,11-12,14,17-18H2,2-4H3/t27-,35-/m1/s1. The van der Waals surface area contributed by atoms with E-state index in [1.54, 1.807) is 24.3 Å². The molecule has 2 aromatic carbocycles. The number of esters is 1. The summed E-state index contributed by atoms with van der Waals surface area (Å²) in [4.78, 5) is 32.3. The van der Waals surface area contributed by atoms with Crippen LogP contribution in [0.15, 0.2) is 73.6 Å². The number of amides is 1. The lowest BCUT2D eigenvalue weighted by atomic mass is 9.75. The molecule has 1 amide bonds. The van der Waals surface area contributed by atoms with E-state index in [-0.39, 0.29) is 30.6 Å². The van der Waals surface area contributed by atoms with E-state index in [0.717, 1.165) is 23.4 Å². The molecule has 18 heteroatoms. The number of halogens is 8. The van der Waals surface area contributed by atoms with Gasteiger partial charge in [-0.1, -0.05) is 57.7 Å². The Balaban J connectivity index is 1.37. The molecular weight excluding hydrogens is 730 g/mol. The van der Waals surface area contributed by atoms with Crippen molar-refractivity contribution in [3.63, 3.8) is 0 Å². The van der Waals surface area contributed by atoms with E-state index in [2.05, 4.69) is 27.1 Å². The minimum absolute atomic E-state index is 0.00559. The molecule has 54 heavy (non-hydrogen) atoms. The first kappa shape index (κ1) is 38.4. The molecule has 1 saturated carbocycles. The number of ether oxygens (including phenoxy) is 1. The Morgan fingerprint density at radius 1 is 1.02 bits per heavy atom. The summed E-state index contributed by atoms with van der Waals surface area (Å²) in [5.74, 6) is -3.73. The molecule has 1 aliphatic heterocycles. The van der Waals surface area contributed by atoms with Gasteiger partial charge in [0, 0.05) is 11.8 Å². The Labute approximate surface area is 303 Å². The summed E-state index contributed by atoms with van der Waals surface area (Å²) >= 11 is 0. The number of alkyl halides is 7. The second-order valence-electron chi connectivity index (χ2n) is 14.6. The molecule has 0 bridgehead atoms. The first-order chi connectivity index (χ1) is 25.2. The molecule has 2 fully saturated rings. The fraction of sp³-hybridized carbons (Fsp3) is 0.417. The number of nitrogens with zero attached hydrogens (tertiary/aromatic N) is 6. The summed E-state index contributed by atoms with van der Waals surface area (Å²) in [6.45, 7) is 6.09. The lowest BCUT2D eigenvalue weighted by Crippen LogP contribution is -2.47. The molecule has 1 N–H and O–H groups in total. The van der Waals surface area contributed by atoms with E-state index in [9.17, 15) is 40.3 Å². The average molecular weight is 766 g/mol. The van der Waals surface area contributed by atoms with Crippen LogP contribution in [0.5, 0.6) is 0 Å². The van der Waals surface area contributed by atoms with Gasteiger partial charge in [-0.3, -0.25) is 14.5 Å². The van der Waals surface area contributed by atoms with E-state index in [1.165, 1.54) is 18.5 Å². The summed E-state index contributed by atoms with van der Waals surface area (Å²) in [6, 6.07) is 8.42. The lowest BCUT2D eigenvalue weighted by molar-refractivity contribution is -0.195. The lowest BCUT2D eigenvalue weighted by Gasteiger charge is -2.35. The van der Waals surface area contributed by atoms with Crippen LogP contribution in [0.2, 0.25) is 0 Å². The van der Waals surface area contributed by atoms with E-state index < -0.39 is 83.8 Å². The Morgan fingerprint density at radius 3 is 2.26 bits per heavy atom. The van der Waals surface area contributed by atoms with Gasteiger partial charge in [0.05, 0.1) is 24.1 Å². The fourth-order valence-electron chi connectivity index (χ4n) is 6.79. The SMILES string of the molecule is C=C1N[C@](CC(C)(C)C)(c2ccc(-c3cnn(C(F)F)c3)cc2)C(=O)N1[C@H](COC(=O)CC1(C(F)(F)F)CC1)c1ccc(-n2ncnc2C(F)F)c(F)c1. The molecule has 2 aliphatic rings. The van der Waals surface area contributed by atoms with Crippen molar-refractivity contribution in [3.8, 4) is 16.8 Å². The molecule has 10 nitrogen and oxygen atoms in total. The van der Waals surface area contributed by atoms with E-state index in [1.807, 2.05) is 20.8 Å². The van der Waals surface area contributed by atoms with Gasteiger partial charge in [0.25, 0.3) is 12.3 Å². The van der Waals surface area contributed by atoms with Crippen molar-refractivity contribution in [2.24, 2.45) is 10.8 Å². The van der Waals surface area contributed by atoms with Gasteiger partial charge >= 0.3 is 18.7 Å². The molecule has 3 heterocycles. The number of hydrogen-bond acceptors (Lipinski definition) is 7. The van der Waals surface area contributed by atoms with Crippen molar-refractivity contribution in [1.29, 1.82) is 0 Å². The van der Waals surface area contributed by atoms with E-state index in [4.69, 9.17) is 4.74 Å². The molecule has 0 radical (unpaired) electrons. The molecule has 6 rings (SSSR count). The predicted molar refractivity (Wildman–Crippen MR) is 176 cm³/mol. The van der Waals surface area contributed by atoms with Crippen molar-refractivity contribution in [2.45, 2.75) is 77.2 Å². The van der Waals surface area contributed by atoms with Crippen molar-refractivity contribution in [2.75, 3.05) is 6.61 Å². The van der Waals surface area contributed by atoms with Gasteiger partial charge in [-0.25, -0.2) is 27.5 Å². The van der Waals surface area contributed by atoms with Crippen LogP contribution >= 0.6 is 0 Å². The molecule has 1 saturated heterocycles. The number of aromatic nitrogens is 5. The highest BCUT2D eigenvalue weighted by Crippen LogP contribution is 2.60. The van der Waals surface area contributed by atoms with Crippen molar-refractivity contribution in [1.82, 2.24) is 34.8 Å². The summed E-state index contributed by atoms with van der Waals surface area (Å²) < 4.78 is 117. The van der Waals surface area contributed by atoms with Gasteiger partial charge in [0.15, 0.2) is 5.82 Å². The van der Waals surface area contributed by atoms with Gasteiger partial charge in [-0.05, 0) is 53.5 Å². The van der Waals surface area contributed by atoms with Crippen LogP contribution in [0.3, 0.4) is 0 Å². The molecule has 0 unspecified atom stereocenters. The third kappa shape index (κ3) is 7.29. The summed E-state index contributed by atoms with van der Waals surface area (Å²) in [5.41, 5.74) is -3.36. The van der Waals surface area contributed by atoms with Crippen LogP contribution in [-0.4, -0.2) is 54.1 Å². The van der Waals surface area contributed by atoms with Crippen molar-refractivity contribution in [3.05, 3.63) is 96.4 Å². The highest BCUT2D eigenvalue weighted by molar-refractivity contribution is 5.93.